The Balaban J connectivity index is 1.51. The molecular weight excluding hydrogens is 376 g/mol. The third-order valence-corrected chi connectivity index (χ3v) is 7.34. The molecule has 1 N–H and O–H groups in total. The highest BCUT2D eigenvalue weighted by Gasteiger charge is 2.31. The van der Waals surface area contributed by atoms with Crippen molar-refractivity contribution >= 4 is 43.2 Å². The summed E-state index contributed by atoms with van der Waals surface area (Å²) >= 11 is 8.92. The van der Waals surface area contributed by atoms with Gasteiger partial charge in [0.15, 0.2) is 0 Å². The number of hydrogen-bond donors (Lipinski definition) is 1. The van der Waals surface area contributed by atoms with Crippen molar-refractivity contribution in [2.45, 2.75) is 44.3 Å². The van der Waals surface area contributed by atoms with Crippen LogP contribution in [0, 0.1) is 0 Å². The van der Waals surface area contributed by atoms with Crippen molar-refractivity contribution in [1.82, 2.24) is 10.2 Å². The zero-order valence-electron chi connectivity index (χ0n) is 10.3. The predicted octanol–water partition coefficient (Wildman–Crippen LogP) is 3.99. The molecule has 0 amide bonds. The van der Waals surface area contributed by atoms with Gasteiger partial charge < -0.3 is 10.2 Å². The Bertz CT molecular complexity index is 402. The number of fused-ring (bicyclic) bond motifs is 1. The van der Waals surface area contributed by atoms with Gasteiger partial charge in [0.2, 0.25) is 0 Å². The molecule has 2 aliphatic heterocycles. The number of nitrogens with zero attached hydrogens (tertiary/aromatic N) is 1. The van der Waals surface area contributed by atoms with Gasteiger partial charge in [-0.15, -0.1) is 11.3 Å². The zero-order valence-corrected chi connectivity index (χ0v) is 14.3. The molecule has 0 saturated carbocycles. The summed E-state index contributed by atoms with van der Waals surface area (Å²) in [5, 5.41) is 3.73. The summed E-state index contributed by atoms with van der Waals surface area (Å²) in [6.45, 7) is 3.63. The third-order valence-electron chi connectivity index (χ3n) is 4.08. The topological polar surface area (TPSA) is 15.3 Å². The number of rotatable bonds is 3. The molecule has 2 atom stereocenters. The summed E-state index contributed by atoms with van der Waals surface area (Å²) in [5.74, 6) is 0. The van der Waals surface area contributed by atoms with Gasteiger partial charge in [-0.1, -0.05) is 0 Å². The van der Waals surface area contributed by atoms with Gasteiger partial charge >= 0.3 is 0 Å². The van der Waals surface area contributed by atoms with Gasteiger partial charge in [-0.2, -0.15) is 0 Å². The predicted molar refractivity (Wildman–Crippen MR) is 84.2 cm³/mol. The molecule has 3 heterocycles. The highest BCUT2D eigenvalue weighted by molar-refractivity contribution is 9.13. The minimum absolute atomic E-state index is 0.712. The van der Waals surface area contributed by atoms with E-state index >= 15 is 0 Å². The molecule has 100 valence electrons. The van der Waals surface area contributed by atoms with E-state index in [1.165, 1.54) is 51.9 Å². The van der Waals surface area contributed by atoms with Gasteiger partial charge in [-0.05, 0) is 76.7 Å². The first-order valence-corrected chi connectivity index (χ1v) is 9.04. The minimum Gasteiger partial charge on any atom is -0.309 e. The van der Waals surface area contributed by atoms with Crippen molar-refractivity contribution in [3.63, 3.8) is 0 Å². The zero-order chi connectivity index (χ0) is 12.5. The summed E-state index contributed by atoms with van der Waals surface area (Å²) in [6, 6.07) is 3.79. The Hall–Kier alpha value is 0.580. The second-order valence-corrected chi connectivity index (χ2v) is 8.58. The van der Waals surface area contributed by atoms with E-state index in [2.05, 4.69) is 48.1 Å². The lowest BCUT2D eigenvalue weighted by atomic mass is 9.97. The summed E-state index contributed by atoms with van der Waals surface area (Å²) in [6.07, 6.45) is 5.47. The Kier molecular flexibility index (Phi) is 4.46. The Morgan fingerprint density at radius 3 is 3.00 bits per heavy atom. The van der Waals surface area contributed by atoms with Crippen LogP contribution in [0.3, 0.4) is 0 Å². The van der Waals surface area contributed by atoms with Crippen LogP contribution >= 0.6 is 43.2 Å². The van der Waals surface area contributed by atoms with Gasteiger partial charge in [0.1, 0.15) is 0 Å². The van der Waals surface area contributed by atoms with Crippen LogP contribution in [0.1, 0.15) is 30.6 Å². The van der Waals surface area contributed by atoms with Gasteiger partial charge in [0.25, 0.3) is 0 Å². The molecule has 2 saturated heterocycles. The fourth-order valence-electron chi connectivity index (χ4n) is 3.13. The van der Waals surface area contributed by atoms with Crippen LogP contribution in [0.25, 0.3) is 0 Å². The van der Waals surface area contributed by atoms with Crippen molar-refractivity contribution in [2.75, 3.05) is 13.1 Å². The maximum atomic E-state index is 3.73. The van der Waals surface area contributed by atoms with Crippen molar-refractivity contribution in [1.29, 1.82) is 0 Å². The Morgan fingerprint density at radius 2 is 2.22 bits per heavy atom. The fourth-order valence-corrected chi connectivity index (χ4v) is 5.26. The first-order valence-electron chi connectivity index (χ1n) is 6.63. The van der Waals surface area contributed by atoms with E-state index in [1.54, 1.807) is 0 Å². The minimum atomic E-state index is 0.712. The lowest BCUT2D eigenvalue weighted by Crippen LogP contribution is -2.45. The third kappa shape index (κ3) is 3.01. The molecule has 1 aromatic heterocycles. The number of nitrogens with one attached hydrogen (secondary N) is 1. The van der Waals surface area contributed by atoms with Gasteiger partial charge in [-0.3, -0.25) is 0 Å². The molecule has 2 nitrogen and oxygen atoms in total. The summed E-state index contributed by atoms with van der Waals surface area (Å²) in [4.78, 5) is 4.08. The average Bonchev–Trinajstić information content (AvgIpc) is 2.94. The second kappa shape index (κ2) is 5.92. The van der Waals surface area contributed by atoms with E-state index in [-0.39, 0.29) is 0 Å². The lowest BCUT2D eigenvalue weighted by molar-refractivity contribution is 0.166. The SMILES string of the molecule is Brc1cc(CNC2CCN3CCCC3C2)sc1Br. The van der Waals surface area contributed by atoms with Crippen LogP contribution in [-0.4, -0.2) is 30.1 Å². The highest BCUT2D eigenvalue weighted by Crippen LogP contribution is 2.32. The maximum absolute atomic E-state index is 3.73. The molecule has 2 fully saturated rings. The molecule has 0 aromatic carbocycles. The molecule has 2 unspecified atom stereocenters. The first kappa shape index (κ1) is 13.6. The molecule has 0 aliphatic carbocycles. The van der Waals surface area contributed by atoms with Crippen molar-refractivity contribution in [3.8, 4) is 0 Å². The van der Waals surface area contributed by atoms with Crippen molar-refractivity contribution in [3.05, 3.63) is 19.2 Å². The smallest absolute Gasteiger partial charge is 0.0843 e. The number of piperidine rings is 1. The average molecular weight is 394 g/mol. The van der Waals surface area contributed by atoms with E-state index in [4.69, 9.17) is 0 Å². The summed E-state index contributed by atoms with van der Waals surface area (Å²) in [5.41, 5.74) is 0. The molecule has 0 spiro atoms. The molecule has 0 bridgehead atoms. The van der Waals surface area contributed by atoms with E-state index in [0.29, 0.717) is 6.04 Å². The standard InChI is InChI=1S/C13H18Br2N2S/c14-12-7-11(18-13(12)15)8-16-9-3-5-17-4-1-2-10(17)6-9/h7,9-10,16H,1-6,8H2. The van der Waals surface area contributed by atoms with Crippen LogP contribution in [-0.2, 0) is 6.54 Å². The van der Waals surface area contributed by atoms with Crippen LogP contribution in [0.15, 0.2) is 14.3 Å². The maximum Gasteiger partial charge on any atom is 0.0843 e. The summed E-state index contributed by atoms with van der Waals surface area (Å²) < 4.78 is 2.37. The Morgan fingerprint density at radius 1 is 1.33 bits per heavy atom. The van der Waals surface area contributed by atoms with Crippen LogP contribution in [0.4, 0.5) is 0 Å². The number of hydrogen-bond acceptors (Lipinski definition) is 3. The van der Waals surface area contributed by atoms with Gasteiger partial charge in [0.05, 0.1) is 3.79 Å². The lowest BCUT2D eigenvalue weighted by Gasteiger charge is -2.35. The molecule has 5 heteroatoms. The van der Waals surface area contributed by atoms with Crippen LogP contribution < -0.4 is 5.32 Å². The van der Waals surface area contributed by atoms with E-state index in [1.807, 2.05) is 11.3 Å². The van der Waals surface area contributed by atoms with Crippen LogP contribution in [0.5, 0.6) is 0 Å². The fraction of sp³-hybridized carbons (Fsp3) is 0.692. The van der Waals surface area contributed by atoms with E-state index in [9.17, 15) is 0 Å². The molecule has 1 aromatic rings. The van der Waals surface area contributed by atoms with Crippen LogP contribution in [0.2, 0.25) is 0 Å². The number of halogens is 2. The largest absolute Gasteiger partial charge is 0.309 e. The molecule has 2 aliphatic rings. The normalized spacial score (nSPS) is 28.6. The van der Waals surface area contributed by atoms with Crippen molar-refractivity contribution < 1.29 is 0 Å². The number of thiophene rings is 1. The van der Waals surface area contributed by atoms with E-state index < -0.39 is 0 Å². The highest BCUT2D eigenvalue weighted by atomic mass is 79.9. The molecule has 0 radical (unpaired) electrons. The van der Waals surface area contributed by atoms with E-state index in [0.717, 1.165) is 12.6 Å². The van der Waals surface area contributed by atoms with Crippen molar-refractivity contribution in [2.24, 2.45) is 0 Å². The molecule has 3 rings (SSSR count). The Labute approximate surface area is 129 Å². The monoisotopic (exact) mass is 392 g/mol. The second-order valence-electron chi connectivity index (χ2n) is 5.27. The first-order chi connectivity index (χ1) is 8.72. The van der Waals surface area contributed by atoms with Gasteiger partial charge in [-0.25, -0.2) is 0 Å². The quantitative estimate of drug-likeness (QED) is 0.835. The molecule has 18 heavy (non-hydrogen) atoms. The van der Waals surface area contributed by atoms with Gasteiger partial charge in [0, 0.05) is 28.0 Å². The summed E-state index contributed by atoms with van der Waals surface area (Å²) in [7, 11) is 0. The molecular formula is C13H18Br2N2S.